The van der Waals surface area contributed by atoms with Gasteiger partial charge in [-0.3, -0.25) is 0 Å². The Balaban J connectivity index is 2.43. The fourth-order valence-corrected chi connectivity index (χ4v) is 2.28. The molecule has 70 valence electrons. The number of nitrogens with zero attached hydrogens (tertiary/aromatic N) is 1. The van der Waals surface area contributed by atoms with Crippen LogP contribution in [-0.2, 0) is 12.8 Å². The third-order valence-electron chi connectivity index (χ3n) is 2.46. The molecule has 13 heavy (non-hydrogen) atoms. The zero-order valence-electron chi connectivity index (χ0n) is 7.32. The molecule has 0 amide bonds. The van der Waals surface area contributed by atoms with Gasteiger partial charge < -0.3 is 0 Å². The van der Waals surface area contributed by atoms with Crippen molar-refractivity contribution in [3.8, 4) is 0 Å². The van der Waals surface area contributed by atoms with E-state index in [1.54, 1.807) is 0 Å². The Morgan fingerprint density at radius 1 is 1.23 bits per heavy atom. The number of hydrogen-bond donors (Lipinski definition) is 0. The zero-order chi connectivity index (χ0) is 9.26. The standard InChI is InChI=1S/C10H11BrClN/c11-8-6-7-4-2-1-3-5-9(7)13-10(8)12/h6H,1-5H2. The summed E-state index contributed by atoms with van der Waals surface area (Å²) in [4.78, 5) is 4.39. The van der Waals surface area contributed by atoms with Gasteiger partial charge in [-0.15, -0.1) is 0 Å². The molecule has 1 aromatic rings. The molecule has 0 aromatic carbocycles. The Hall–Kier alpha value is -0.0800. The van der Waals surface area contributed by atoms with Gasteiger partial charge in [0, 0.05) is 5.69 Å². The average molecular weight is 261 g/mol. The molecule has 1 aliphatic carbocycles. The average Bonchev–Trinajstić information content (AvgIpc) is 2.31. The van der Waals surface area contributed by atoms with Crippen LogP contribution < -0.4 is 0 Å². The lowest BCUT2D eigenvalue weighted by Gasteiger charge is -2.05. The van der Waals surface area contributed by atoms with Crippen molar-refractivity contribution in [2.24, 2.45) is 0 Å². The molecule has 3 heteroatoms. The SMILES string of the molecule is Clc1nc2c(cc1Br)CCCCC2. The van der Waals surface area contributed by atoms with E-state index in [9.17, 15) is 0 Å². The van der Waals surface area contributed by atoms with Crippen LogP contribution in [0.4, 0.5) is 0 Å². The lowest BCUT2D eigenvalue weighted by Crippen LogP contribution is -1.95. The van der Waals surface area contributed by atoms with Crippen LogP contribution in [0.2, 0.25) is 5.15 Å². The minimum absolute atomic E-state index is 0.598. The van der Waals surface area contributed by atoms with Gasteiger partial charge in [0.25, 0.3) is 0 Å². The maximum atomic E-state index is 5.94. The molecule has 0 saturated heterocycles. The molecule has 1 aromatic heterocycles. The third-order valence-corrected chi connectivity index (χ3v) is 3.58. The summed E-state index contributed by atoms with van der Waals surface area (Å²) >= 11 is 9.35. The van der Waals surface area contributed by atoms with Crippen LogP contribution >= 0.6 is 27.5 Å². The Kier molecular flexibility index (Phi) is 2.89. The molecule has 2 rings (SSSR count). The van der Waals surface area contributed by atoms with Gasteiger partial charge in [-0.2, -0.15) is 0 Å². The van der Waals surface area contributed by atoms with E-state index in [2.05, 4.69) is 27.0 Å². The first kappa shape index (κ1) is 9.47. The molecule has 0 fully saturated rings. The molecule has 0 saturated carbocycles. The van der Waals surface area contributed by atoms with E-state index in [0.717, 1.165) is 17.3 Å². The van der Waals surface area contributed by atoms with Crippen molar-refractivity contribution in [2.75, 3.05) is 0 Å². The van der Waals surface area contributed by atoms with Crippen molar-refractivity contribution in [2.45, 2.75) is 32.1 Å². The van der Waals surface area contributed by atoms with Gasteiger partial charge in [-0.25, -0.2) is 4.98 Å². The van der Waals surface area contributed by atoms with Crippen LogP contribution in [0.1, 0.15) is 30.5 Å². The van der Waals surface area contributed by atoms with Crippen LogP contribution in [0.3, 0.4) is 0 Å². The molecule has 1 heterocycles. The highest BCUT2D eigenvalue weighted by molar-refractivity contribution is 9.10. The topological polar surface area (TPSA) is 12.9 Å². The second kappa shape index (κ2) is 3.97. The molecule has 0 bridgehead atoms. The van der Waals surface area contributed by atoms with E-state index in [1.165, 1.54) is 30.5 Å². The normalized spacial score (nSPS) is 16.5. The Morgan fingerprint density at radius 3 is 2.85 bits per heavy atom. The minimum Gasteiger partial charge on any atom is -0.240 e. The Labute approximate surface area is 91.6 Å². The first-order valence-corrected chi connectivity index (χ1v) is 5.78. The highest BCUT2D eigenvalue weighted by Gasteiger charge is 2.11. The van der Waals surface area contributed by atoms with Gasteiger partial charge in [0.1, 0.15) is 5.15 Å². The maximum Gasteiger partial charge on any atom is 0.143 e. The van der Waals surface area contributed by atoms with E-state index in [1.807, 2.05) is 0 Å². The summed E-state index contributed by atoms with van der Waals surface area (Å²) in [5.41, 5.74) is 2.57. The van der Waals surface area contributed by atoms with Crippen LogP contribution in [-0.4, -0.2) is 4.98 Å². The predicted molar refractivity (Wildman–Crippen MR) is 58.2 cm³/mol. The zero-order valence-corrected chi connectivity index (χ0v) is 9.66. The molecule has 1 aliphatic rings. The third kappa shape index (κ3) is 2.05. The van der Waals surface area contributed by atoms with Gasteiger partial charge in [0.2, 0.25) is 0 Å². The second-order valence-corrected chi connectivity index (χ2v) is 4.64. The van der Waals surface area contributed by atoms with Crippen molar-refractivity contribution in [1.82, 2.24) is 4.98 Å². The van der Waals surface area contributed by atoms with Crippen LogP contribution in [0.5, 0.6) is 0 Å². The van der Waals surface area contributed by atoms with E-state index in [4.69, 9.17) is 11.6 Å². The molecular formula is C10H11BrClN. The summed E-state index contributed by atoms with van der Waals surface area (Å²) < 4.78 is 0.926. The van der Waals surface area contributed by atoms with E-state index >= 15 is 0 Å². The second-order valence-electron chi connectivity index (χ2n) is 3.43. The first-order valence-electron chi connectivity index (χ1n) is 4.61. The number of aromatic nitrogens is 1. The van der Waals surface area contributed by atoms with E-state index in [0.29, 0.717) is 5.15 Å². The van der Waals surface area contributed by atoms with Crippen LogP contribution in [0.15, 0.2) is 10.5 Å². The Bertz CT molecular complexity index is 294. The summed E-state index contributed by atoms with van der Waals surface area (Å²) in [5, 5.41) is 0.598. The molecule has 0 unspecified atom stereocenters. The Morgan fingerprint density at radius 2 is 2.00 bits per heavy atom. The number of fused-ring (bicyclic) bond motifs is 1. The summed E-state index contributed by atoms with van der Waals surface area (Å²) in [6.45, 7) is 0. The highest BCUT2D eigenvalue weighted by Crippen LogP contribution is 2.27. The fourth-order valence-electron chi connectivity index (χ4n) is 1.76. The summed E-state index contributed by atoms with van der Waals surface area (Å²) in [6, 6.07) is 2.12. The molecule has 1 nitrogen and oxygen atoms in total. The summed E-state index contributed by atoms with van der Waals surface area (Å²) in [6.07, 6.45) is 6.08. The van der Waals surface area contributed by atoms with Crippen molar-refractivity contribution in [3.63, 3.8) is 0 Å². The molecule has 0 N–H and O–H groups in total. The lowest BCUT2D eigenvalue weighted by atomic mass is 10.1. The quantitative estimate of drug-likeness (QED) is 0.511. The lowest BCUT2D eigenvalue weighted by molar-refractivity contribution is 0.708. The smallest absolute Gasteiger partial charge is 0.143 e. The van der Waals surface area contributed by atoms with Gasteiger partial charge in [0.15, 0.2) is 0 Å². The highest BCUT2D eigenvalue weighted by atomic mass is 79.9. The minimum atomic E-state index is 0.598. The largest absolute Gasteiger partial charge is 0.240 e. The van der Waals surface area contributed by atoms with Gasteiger partial charge in [-0.1, -0.05) is 18.0 Å². The molecule has 0 atom stereocenters. The first-order chi connectivity index (χ1) is 6.27. The maximum absolute atomic E-state index is 5.94. The number of hydrogen-bond acceptors (Lipinski definition) is 1. The fraction of sp³-hybridized carbons (Fsp3) is 0.500. The van der Waals surface area contributed by atoms with Crippen molar-refractivity contribution in [1.29, 1.82) is 0 Å². The molecule has 0 aliphatic heterocycles. The number of halogens is 2. The van der Waals surface area contributed by atoms with Crippen molar-refractivity contribution in [3.05, 3.63) is 26.9 Å². The van der Waals surface area contributed by atoms with Crippen molar-refractivity contribution < 1.29 is 0 Å². The van der Waals surface area contributed by atoms with Gasteiger partial charge in [0.05, 0.1) is 4.47 Å². The molecule has 0 radical (unpaired) electrons. The van der Waals surface area contributed by atoms with E-state index < -0.39 is 0 Å². The van der Waals surface area contributed by atoms with Crippen LogP contribution in [0, 0.1) is 0 Å². The number of rotatable bonds is 0. The van der Waals surface area contributed by atoms with Gasteiger partial charge >= 0.3 is 0 Å². The predicted octanol–water partition coefficient (Wildman–Crippen LogP) is 3.77. The monoisotopic (exact) mass is 259 g/mol. The van der Waals surface area contributed by atoms with E-state index in [-0.39, 0.29) is 0 Å². The summed E-state index contributed by atoms with van der Waals surface area (Å²) in [7, 11) is 0. The number of pyridine rings is 1. The molecular weight excluding hydrogens is 249 g/mol. The van der Waals surface area contributed by atoms with Crippen molar-refractivity contribution >= 4 is 27.5 Å². The van der Waals surface area contributed by atoms with Gasteiger partial charge in [-0.05, 0) is 53.2 Å². The summed E-state index contributed by atoms with van der Waals surface area (Å²) in [5.74, 6) is 0. The molecule has 0 spiro atoms. The van der Waals surface area contributed by atoms with Crippen LogP contribution in [0.25, 0.3) is 0 Å². The number of aryl methyl sites for hydroxylation is 2.